The van der Waals surface area contributed by atoms with E-state index in [1.165, 1.54) is 13.5 Å². The van der Waals surface area contributed by atoms with E-state index in [1.807, 2.05) is 4.90 Å². The maximum Gasteiger partial charge on any atom is 0.321 e. The van der Waals surface area contributed by atoms with Gasteiger partial charge in [0.2, 0.25) is 0 Å². The third kappa shape index (κ3) is 3.73. The highest BCUT2D eigenvalue weighted by Gasteiger charge is 2.22. The number of halogens is 1. The summed E-state index contributed by atoms with van der Waals surface area (Å²) in [6, 6.07) is 3.18. The summed E-state index contributed by atoms with van der Waals surface area (Å²) >= 11 is 6.11. The molecule has 0 aromatic heterocycles. The second-order valence-corrected chi connectivity index (χ2v) is 5.72. The number of methoxy groups -OCH3 is 2. The number of carbonyl (C=O) groups excluding carboxylic acids is 1. The molecule has 1 aromatic rings. The van der Waals surface area contributed by atoms with Crippen molar-refractivity contribution in [1.82, 2.24) is 4.90 Å². The number of nitrogens with zero attached hydrogens (tertiary/aromatic N) is 1. The van der Waals surface area contributed by atoms with Gasteiger partial charge in [0.1, 0.15) is 11.5 Å². The summed E-state index contributed by atoms with van der Waals surface area (Å²) in [5, 5.41) is 3.30. The average molecular weight is 313 g/mol. The van der Waals surface area contributed by atoms with Crippen LogP contribution < -0.4 is 14.8 Å². The van der Waals surface area contributed by atoms with Crippen molar-refractivity contribution in [1.29, 1.82) is 0 Å². The zero-order valence-corrected chi connectivity index (χ0v) is 13.4. The van der Waals surface area contributed by atoms with Gasteiger partial charge in [-0.15, -0.1) is 0 Å². The molecular weight excluding hydrogens is 292 g/mol. The summed E-state index contributed by atoms with van der Waals surface area (Å²) in [5.41, 5.74) is 0.548. The van der Waals surface area contributed by atoms with Crippen LogP contribution in [0.5, 0.6) is 11.5 Å². The Morgan fingerprint density at radius 1 is 1.33 bits per heavy atom. The summed E-state index contributed by atoms with van der Waals surface area (Å²) in [6.07, 6.45) is 2.20. The number of amides is 2. The molecule has 2 rings (SSSR count). The molecule has 116 valence electrons. The van der Waals surface area contributed by atoms with Crippen molar-refractivity contribution in [3.05, 3.63) is 17.2 Å². The van der Waals surface area contributed by atoms with Crippen LogP contribution in [-0.2, 0) is 0 Å². The average Bonchev–Trinajstić information content (AvgIpc) is 2.47. The van der Waals surface area contributed by atoms with E-state index in [1.54, 1.807) is 19.2 Å². The first kappa shape index (κ1) is 15.8. The predicted molar refractivity (Wildman–Crippen MR) is 83.5 cm³/mol. The maximum atomic E-state index is 12.3. The predicted octanol–water partition coefficient (Wildman–Crippen LogP) is 3.62. The van der Waals surface area contributed by atoms with Crippen LogP contribution in [0.25, 0.3) is 0 Å². The molecule has 21 heavy (non-hydrogen) atoms. The van der Waals surface area contributed by atoms with Gasteiger partial charge in [0.15, 0.2) is 0 Å². The minimum atomic E-state index is -0.124. The lowest BCUT2D eigenvalue weighted by Crippen LogP contribution is -2.41. The quantitative estimate of drug-likeness (QED) is 0.927. The molecule has 1 saturated heterocycles. The number of hydrogen-bond donors (Lipinski definition) is 1. The Morgan fingerprint density at radius 3 is 2.67 bits per heavy atom. The van der Waals surface area contributed by atoms with E-state index in [-0.39, 0.29) is 6.03 Å². The van der Waals surface area contributed by atoms with Crippen LogP contribution in [0.2, 0.25) is 5.02 Å². The number of ether oxygens (including phenoxy) is 2. The molecule has 6 heteroatoms. The van der Waals surface area contributed by atoms with Gasteiger partial charge in [0.25, 0.3) is 0 Å². The molecular formula is C15H21ClN2O3. The Balaban J connectivity index is 2.14. The van der Waals surface area contributed by atoms with Gasteiger partial charge in [-0.25, -0.2) is 4.79 Å². The minimum absolute atomic E-state index is 0.124. The number of piperidine rings is 1. The Bertz CT molecular complexity index is 522. The lowest BCUT2D eigenvalue weighted by molar-refractivity contribution is 0.182. The summed E-state index contributed by atoms with van der Waals surface area (Å²) < 4.78 is 10.4. The fraction of sp³-hybridized carbons (Fsp3) is 0.533. The Morgan fingerprint density at radius 2 is 2.05 bits per heavy atom. The van der Waals surface area contributed by atoms with Crippen molar-refractivity contribution < 1.29 is 14.3 Å². The number of nitrogens with one attached hydrogen (secondary N) is 1. The van der Waals surface area contributed by atoms with E-state index in [4.69, 9.17) is 21.1 Å². The van der Waals surface area contributed by atoms with Crippen molar-refractivity contribution in [3.8, 4) is 11.5 Å². The number of urea groups is 1. The van der Waals surface area contributed by atoms with E-state index >= 15 is 0 Å². The fourth-order valence-electron chi connectivity index (χ4n) is 2.53. The van der Waals surface area contributed by atoms with Crippen LogP contribution in [0.1, 0.15) is 19.8 Å². The second-order valence-electron chi connectivity index (χ2n) is 5.31. The first-order valence-corrected chi connectivity index (χ1v) is 7.40. The first-order chi connectivity index (χ1) is 10.0. The highest BCUT2D eigenvalue weighted by atomic mass is 35.5. The zero-order chi connectivity index (χ0) is 15.4. The summed E-state index contributed by atoms with van der Waals surface area (Å²) in [6.45, 7) is 3.71. The van der Waals surface area contributed by atoms with E-state index in [0.717, 1.165) is 19.5 Å². The Kier molecular flexibility index (Phi) is 5.17. The summed E-state index contributed by atoms with van der Waals surface area (Å²) in [7, 11) is 3.08. The third-order valence-electron chi connectivity index (χ3n) is 3.66. The lowest BCUT2D eigenvalue weighted by Gasteiger charge is -2.31. The van der Waals surface area contributed by atoms with Crippen LogP contribution in [0, 0.1) is 5.92 Å². The van der Waals surface area contributed by atoms with E-state index in [0.29, 0.717) is 28.1 Å². The monoisotopic (exact) mass is 312 g/mol. The largest absolute Gasteiger partial charge is 0.495 e. The number of likely N-dealkylation sites (tertiary alicyclic amines) is 1. The molecule has 0 unspecified atom stereocenters. The molecule has 2 amide bonds. The number of rotatable bonds is 3. The van der Waals surface area contributed by atoms with E-state index < -0.39 is 0 Å². The van der Waals surface area contributed by atoms with E-state index in [9.17, 15) is 4.79 Å². The van der Waals surface area contributed by atoms with Gasteiger partial charge in [-0.05, 0) is 24.8 Å². The first-order valence-electron chi connectivity index (χ1n) is 7.02. The van der Waals surface area contributed by atoms with Crippen LogP contribution >= 0.6 is 11.6 Å². The van der Waals surface area contributed by atoms with Crippen LogP contribution in [-0.4, -0.2) is 38.2 Å². The molecule has 1 aliphatic rings. The number of hydrogen-bond acceptors (Lipinski definition) is 3. The highest BCUT2D eigenvalue weighted by Crippen LogP contribution is 2.36. The number of carbonyl (C=O) groups is 1. The second kappa shape index (κ2) is 6.89. The molecule has 0 radical (unpaired) electrons. The van der Waals surface area contributed by atoms with Crippen LogP contribution in [0.3, 0.4) is 0 Å². The molecule has 1 aliphatic heterocycles. The molecule has 0 saturated carbocycles. The number of benzene rings is 1. The Labute approximate surface area is 130 Å². The normalized spacial score (nSPS) is 18.3. The molecule has 0 spiro atoms. The molecule has 1 fully saturated rings. The van der Waals surface area contributed by atoms with Crippen molar-refractivity contribution in [2.45, 2.75) is 19.8 Å². The molecule has 1 N–H and O–H groups in total. The van der Waals surface area contributed by atoms with Crippen molar-refractivity contribution in [2.24, 2.45) is 5.92 Å². The van der Waals surface area contributed by atoms with Gasteiger partial charge in [-0.1, -0.05) is 18.5 Å². The third-order valence-corrected chi connectivity index (χ3v) is 3.96. The van der Waals surface area contributed by atoms with Gasteiger partial charge in [-0.2, -0.15) is 0 Å². The molecule has 1 heterocycles. The summed E-state index contributed by atoms with van der Waals surface area (Å²) in [4.78, 5) is 14.2. The van der Waals surface area contributed by atoms with Crippen LogP contribution in [0.4, 0.5) is 10.5 Å². The lowest BCUT2D eigenvalue weighted by atomic mass is 10.0. The standard InChI is InChI=1S/C15H21ClN2O3/c1-10-5-4-6-18(9-10)15(19)17-12-7-11(16)13(20-2)8-14(12)21-3/h7-8,10H,4-6,9H2,1-3H3,(H,17,19)/t10-/m1/s1. The van der Waals surface area contributed by atoms with Gasteiger partial charge in [0, 0.05) is 19.2 Å². The molecule has 1 aromatic carbocycles. The van der Waals surface area contributed by atoms with Crippen molar-refractivity contribution in [3.63, 3.8) is 0 Å². The highest BCUT2D eigenvalue weighted by molar-refractivity contribution is 6.32. The summed E-state index contributed by atoms with van der Waals surface area (Å²) in [5.74, 6) is 1.57. The maximum absolute atomic E-state index is 12.3. The van der Waals surface area contributed by atoms with Gasteiger partial charge < -0.3 is 19.7 Å². The van der Waals surface area contributed by atoms with Crippen molar-refractivity contribution in [2.75, 3.05) is 32.6 Å². The zero-order valence-electron chi connectivity index (χ0n) is 12.6. The Hall–Kier alpha value is -1.62. The molecule has 0 aliphatic carbocycles. The van der Waals surface area contributed by atoms with Crippen LogP contribution in [0.15, 0.2) is 12.1 Å². The minimum Gasteiger partial charge on any atom is -0.495 e. The van der Waals surface area contributed by atoms with E-state index in [2.05, 4.69) is 12.2 Å². The molecule has 0 bridgehead atoms. The molecule has 5 nitrogen and oxygen atoms in total. The van der Waals surface area contributed by atoms with Gasteiger partial charge >= 0.3 is 6.03 Å². The topological polar surface area (TPSA) is 50.8 Å². The SMILES string of the molecule is COc1cc(OC)c(NC(=O)N2CCC[C@@H](C)C2)cc1Cl. The smallest absolute Gasteiger partial charge is 0.321 e. The number of anilines is 1. The van der Waals surface area contributed by atoms with Crippen molar-refractivity contribution >= 4 is 23.3 Å². The van der Waals surface area contributed by atoms with Gasteiger partial charge in [0.05, 0.1) is 24.9 Å². The van der Waals surface area contributed by atoms with Gasteiger partial charge in [-0.3, -0.25) is 0 Å². The molecule has 1 atom stereocenters. The fourth-order valence-corrected chi connectivity index (χ4v) is 2.77.